The number of halogens is 2. The van der Waals surface area contributed by atoms with Gasteiger partial charge < -0.3 is 10.1 Å². The van der Waals surface area contributed by atoms with E-state index >= 15 is 0 Å². The SMILES string of the molecule is COCC1(CNS(=O)(=O)Cc2ccccc2Cl)CCCN1.Cl. The zero-order chi connectivity index (χ0) is 15.3. The van der Waals surface area contributed by atoms with Crippen molar-refractivity contribution in [2.75, 3.05) is 26.8 Å². The molecule has 5 nitrogen and oxygen atoms in total. The Kier molecular flexibility index (Phi) is 7.58. The first-order valence-corrected chi connectivity index (χ1v) is 8.94. The maximum absolute atomic E-state index is 12.2. The van der Waals surface area contributed by atoms with E-state index in [2.05, 4.69) is 10.0 Å². The highest BCUT2D eigenvalue weighted by Crippen LogP contribution is 2.20. The summed E-state index contributed by atoms with van der Waals surface area (Å²) in [6, 6.07) is 6.97. The Labute approximate surface area is 143 Å². The molecule has 126 valence electrons. The first kappa shape index (κ1) is 19.7. The molecule has 22 heavy (non-hydrogen) atoms. The average Bonchev–Trinajstić information content (AvgIpc) is 2.89. The lowest BCUT2D eigenvalue weighted by Gasteiger charge is -2.28. The number of hydrogen-bond acceptors (Lipinski definition) is 4. The Morgan fingerprint density at radius 1 is 1.41 bits per heavy atom. The molecular weight excluding hydrogens is 347 g/mol. The molecular formula is C14H22Cl2N2O3S. The largest absolute Gasteiger partial charge is 0.383 e. The molecule has 1 unspecified atom stereocenters. The molecule has 8 heteroatoms. The van der Waals surface area contributed by atoms with Gasteiger partial charge in [-0.05, 0) is 31.0 Å². The van der Waals surface area contributed by atoms with Crippen molar-refractivity contribution in [3.8, 4) is 0 Å². The zero-order valence-electron chi connectivity index (χ0n) is 12.5. The molecule has 1 saturated heterocycles. The van der Waals surface area contributed by atoms with Crippen molar-refractivity contribution in [1.82, 2.24) is 10.0 Å². The molecule has 2 N–H and O–H groups in total. The Morgan fingerprint density at radius 3 is 2.73 bits per heavy atom. The Morgan fingerprint density at radius 2 is 2.14 bits per heavy atom. The highest BCUT2D eigenvalue weighted by molar-refractivity contribution is 7.88. The zero-order valence-corrected chi connectivity index (χ0v) is 14.9. The van der Waals surface area contributed by atoms with Crippen molar-refractivity contribution in [2.45, 2.75) is 24.1 Å². The van der Waals surface area contributed by atoms with Crippen molar-refractivity contribution in [1.29, 1.82) is 0 Å². The van der Waals surface area contributed by atoms with Gasteiger partial charge in [-0.2, -0.15) is 0 Å². The Hall–Kier alpha value is -0.370. The summed E-state index contributed by atoms with van der Waals surface area (Å²) in [7, 11) is -1.81. The fourth-order valence-electron chi connectivity index (χ4n) is 2.59. The summed E-state index contributed by atoms with van der Waals surface area (Å²) in [5.74, 6) is -0.115. The van der Waals surface area contributed by atoms with Crippen molar-refractivity contribution in [3.05, 3.63) is 34.9 Å². The lowest BCUT2D eigenvalue weighted by atomic mass is 9.99. The number of benzene rings is 1. The summed E-state index contributed by atoms with van der Waals surface area (Å²) in [6.45, 7) is 1.70. The van der Waals surface area contributed by atoms with Crippen LogP contribution in [0.3, 0.4) is 0 Å². The third-order valence-corrected chi connectivity index (χ3v) is 5.33. The number of hydrogen-bond donors (Lipinski definition) is 2. The van der Waals surface area contributed by atoms with E-state index in [0.717, 1.165) is 19.4 Å². The van der Waals surface area contributed by atoms with Crippen LogP contribution in [-0.4, -0.2) is 40.8 Å². The van der Waals surface area contributed by atoms with Gasteiger partial charge in [0.2, 0.25) is 10.0 Å². The molecule has 0 radical (unpaired) electrons. The summed E-state index contributed by atoms with van der Waals surface area (Å²) in [5, 5.41) is 3.81. The van der Waals surface area contributed by atoms with Crippen molar-refractivity contribution >= 4 is 34.0 Å². The van der Waals surface area contributed by atoms with Gasteiger partial charge in [0.1, 0.15) is 0 Å². The van der Waals surface area contributed by atoms with Crippen LogP contribution >= 0.6 is 24.0 Å². The van der Waals surface area contributed by atoms with Crippen molar-refractivity contribution in [2.24, 2.45) is 0 Å². The molecule has 1 aliphatic heterocycles. The first-order chi connectivity index (χ1) is 9.96. The van der Waals surface area contributed by atoms with Crippen LogP contribution in [0.5, 0.6) is 0 Å². The van der Waals surface area contributed by atoms with Crippen LogP contribution in [0.4, 0.5) is 0 Å². The standard InChI is InChI=1S/C14H21ClN2O3S.ClH/c1-20-11-14(7-4-8-16-14)10-17-21(18,19)9-12-5-2-3-6-13(12)15;/h2-3,5-6,16-17H,4,7-11H2,1H3;1H. The molecule has 0 bridgehead atoms. The second kappa shape index (κ2) is 8.47. The normalized spacial score (nSPS) is 21.5. The van der Waals surface area contributed by atoms with Crippen LogP contribution in [0.25, 0.3) is 0 Å². The van der Waals surface area contributed by atoms with Gasteiger partial charge in [-0.15, -0.1) is 12.4 Å². The monoisotopic (exact) mass is 368 g/mol. The van der Waals surface area contributed by atoms with E-state index in [1.807, 2.05) is 0 Å². The average molecular weight is 369 g/mol. The van der Waals surface area contributed by atoms with Crippen LogP contribution in [0, 0.1) is 0 Å². The predicted octanol–water partition coefficient (Wildman–Crippen LogP) is 1.95. The van der Waals surface area contributed by atoms with Crippen LogP contribution in [0.2, 0.25) is 5.02 Å². The third kappa shape index (κ3) is 5.37. The molecule has 1 aromatic carbocycles. The number of ether oxygens (including phenoxy) is 1. The summed E-state index contributed by atoms with van der Waals surface area (Å²) < 4.78 is 32.3. The minimum atomic E-state index is -3.43. The van der Waals surface area contributed by atoms with Gasteiger partial charge in [0.05, 0.1) is 17.9 Å². The summed E-state index contributed by atoms with van der Waals surface area (Å²) >= 11 is 6.01. The molecule has 1 fully saturated rings. The summed E-state index contributed by atoms with van der Waals surface area (Å²) in [4.78, 5) is 0. The lowest BCUT2D eigenvalue weighted by Crippen LogP contribution is -2.53. The van der Waals surface area contributed by atoms with Crippen molar-refractivity contribution < 1.29 is 13.2 Å². The van der Waals surface area contributed by atoms with Gasteiger partial charge in [0.25, 0.3) is 0 Å². The molecule has 1 aliphatic rings. The topological polar surface area (TPSA) is 67.4 Å². The molecule has 0 aromatic heterocycles. The number of sulfonamides is 1. The van der Waals surface area contributed by atoms with Gasteiger partial charge in [-0.25, -0.2) is 13.1 Å². The number of rotatable bonds is 7. The van der Waals surface area contributed by atoms with Crippen LogP contribution in [0.1, 0.15) is 18.4 Å². The van der Waals surface area contributed by atoms with Crippen molar-refractivity contribution in [3.63, 3.8) is 0 Å². The molecule has 0 aliphatic carbocycles. The van der Waals surface area contributed by atoms with E-state index in [9.17, 15) is 8.42 Å². The van der Waals surface area contributed by atoms with Gasteiger partial charge in [0.15, 0.2) is 0 Å². The van der Waals surface area contributed by atoms with Gasteiger partial charge in [-0.3, -0.25) is 0 Å². The van der Waals surface area contributed by atoms with Gasteiger partial charge in [0, 0.05) is 18.7 Å². The summed E-state index contributed by atoms with van der Waals surface area (Å²) in [6.07, 6.45) is 1.92. The molecule has 0 spiro atoms. The van der Waals surface area contributed by atoms with Gasteiger partial charge in [-0.1, -0.05) is 29.8 Å². The maximum Gasteiger partial charge on any atom is 0.215 e. The fourth-order valence-corrected chi connectivity index (χ4v) is 4.13. The van der Waals surface area contributed by atoms with E-state index in [1.54, 1.807) is 31.4 Å². The quantitative estimate of drug-likeness (QED) is 0.771. The maximum atomic E-state index is 12.2. The minimum Gasteiger partial charge on any atom is -0.383 e. The molecule has 0 amide bonds. The van der Waals surface area contributed by atoms with E-state index in [0.29, 0.717) is 23.7 Å². The molecule has 1 atom stereocenters. The molecule has 1 heterocycles. The smallest absolute Gasteiger partial charge is 0.215 e. The fraction of sp³-hybridized carbons (Fsp3) is 0.571. The predicted molar refractivity (Wildman–Crippen MR) is 91.2 cm³/mol. The lowest BCUT2D eigenvalue weighted by molar-refractivity contribution is 0.122. The van der Waals surface area contributed by atoms with E-state index in [-0.39, 0.29) is 23.7 Å². The minimum absolute atomic E-state index is 0. The van der Waals surface area contributed by atoms with E-state index in [1.165, 1.54) is 0 Å². The Balaban J connectivity index is 0.00000242. The van der Waals surface area contributed by atoms with Gasteiger partial charge >= 0.3 is 0 Å². The Bertz CT molecular complexity index is 575. The number of nitrogens with one attached hydrogen (secondary N) is 2. The second-order valence-corrected chi connectivity index (χ2v) is 7.63. The van der Waals surface area contributed by atoms with E-state index in [4.69, 9.17) is 16.3 Å². The highest BCUT2D eigenvalue weighted by Gasteiger charge is 2.34. The molecule has 2 rings (SSSR count). The molecule has 0 saturated carbocycles. The van der Waals surface area contributed by atoms with Crippen LogP contribution < -0.4 is 10.0 Å². The second-order valence-electron chi connectivity index (χ2n) is 5.42. The summed E-state index contributed by atoms with van der Waals surface area (Å²) in [5.41, 5.74) is 0.300. The van der Waals surface area contributed by atoms with Crippen LogP contribution in [0.15, 0.2) is 24.3 Å². The third-order valence-electron chi connectivity index (χ3n) is 3.69. The number of methoxy groups -OCH3 is 1. The van der Waals surface area contributed by atoms with Crippen LogP contribution in [-0.2, 0) is 20.5 Å². The van der Waals surface area contributed by atoms with E-state index < -0.39 is 10.0 Å². The molecule has 1 aromatic rings. The first-order valence-electron chi connectivity index (χ1n) is 6.91. The highest BCUT2D eigenvalue weighted by atomic mass is 35.5.